The Hall–Kier alpha value is -1.39. The zero-order valence-electron chi connectivity index (χ0n) is 10.2. The minimum atomic E-state index is -0.490. The molecular formula is C13H16O4. The number of rotatable bonds is 2. The Kier molecular flexibility index (Phi) is 3.45. The molecule has 1 aliphatic heterocycles. The van der Waals surface area contributed by atoms with Crippen LogP contribution in [-0.2, 0) is 14.2 Å². The van der Waals surface area contributed by atoms with Crippen molar-refractivity contribution in [1.29, 1.82) is 0 Å². The van der Waals surface area contributed by atoms with E-state index >= 15 is 0 Å². The maximum absolute atomic E-state index is 11.6. The van der Waals surface area contributed by atoms with Crippen LogP contribution in [0.25, 0.3) is 0 Å². The van der Waals surface area contributed by atoms with Gasteiger partial charge in [0.2, 0.25) is 0 Å². The van der Waals surface area contributed by atoms with Crippen molar-refractivity contribution in [2.24, 2.45) is 0 Å². The summed E-state index contributed by atoms with van der Waals surface area (Å²) in [6.45, 7) is 3.90. The van der Waals surface area contributed by atoms with E-state index in [1.54, 1.807) is 12.1 Å². The summed E-state index contributed by atoms with van der Waals surface area (Å²) in [6, 6.07) is 7.17. The number of ether oxygens (including phenoxy) is 3. The normalized spacial score (nSPS) is 28.1. The first kappa shape index (κ1) is 12.1. The summed E-state index contributed by atoms with van der Waals surface area (Å²) in [5.74, 6) is -0.375. The molecule has 0 saturated carbocycles. The number of hydrogen-bond acceptors (Lipinski definition) is 4. The van der Waals surface area contributed by atoms with Crippen molar-refractivity contribution in [2.45, 2.75) is 32.3 Å². The van der Waals surface area contributed by atoms with Gasteiger partial charge in [-0.05, 0) is 19.9 Å². The quantitative estimate of drug-likeness (QED) is 0.739. The SMILES string of the molecule is COC(=O)c1ccccc1C1OC(C)C(C)O1. The molecule has 0 amide bonds. The van der Waals surface area contributed by atoms with Crippen LogP contribution in [0.15, 0.2) is 24.3 Å². The topological polar surface area (TPSA) is 44.8 Å². The lowest BCUT2D eigenvalue weighted by molar-refractivity contribution is -0.0659. The van der Waals surface area contributed by atoms with Crippen molar-refractivity contribution < 1.29 is 19.0 Å². The number of carbonyl (C=O) groups is 1. The first-order chi connectivity index (χ1) is 8.13. The zero-order chi connectivity index (χ0) is 12.4. The average molecular weight is 236 g/mol. The molecule has 2 unspecified atom stereocenters. The summed E-state index contributed by atoms with van der Waals surface area (Å²) < 4.78 is 16.1. The Morgan fingerprint density at radius 2 is 1.76 bits per heavy atom. The van der Waals surface area contributed by atoms with E-state index < -0.39 is 6.29 Å². The van der Waals surface area contributed by atoms with E-state index in [4.69, 9.17) is 14.2 Å². The average Bonchev–Trinajstić information content (AvgIpc) is 2.68. The molecule has 17 heavy (non-hydrogen) atoms. The lowest BCUT2D eigenvalue weighted by Gasteiger charge is -2.13. The number of carbonyl (C=O) groups excluding carboxylic acids is 1. The third-order valence-electron chi connectivity index (χ3n) is 2.96. The van der Waals surface area contributed by atoms with Gasteiger partial charge in [-0.15, -0.1) is 0 Å². The molecule has 0 bridgehead atoms. The van der Waals surface area contributed by atoms with E-state index in [1.165, 1.54) is 7.11 Å². The van der Waals surface area contributed by atoms with Crippen LogP contribution in [0.4, 0.5) is 0 Å². The number of benzene rings is 1. The zero-order valence-corrected chi connectivity index (χ0v) is 10.2. The second-order valence-electron chi connectivity index (χ2n) is 4.09. The summed E-state index contributed by atoms with van der Waals surface area (Å²) >= 11 is 0. The molecule has 0 N–H and O–H groups in total. The highest BCUT2D eigenvalue weighted by molar-refractivity contribution is 5.91. The van der Waals surface area contributed by atoms with E-state index in [-0.39, 0.29) is 18.2 Å². The van der Waals surface area contributed by atoms with Crippen molar-refractivity contribution in [3.05, 3.63) is 35.4 Å². The highest BCUT2D eigenvalue weighted by Crippen LogP contribution is 2.32. The van der Waals surface area contributed by atoms with Crippen LogP contribution >= 0.6 is 0 Å². The van der Waals surface area contributed by atoms with Gasteiger partial charge in [0.05, 0.1) is 24.9 Å². The number of esters is 1. The van der Waals surface area contributed by atoms with Crippen LogP contribution in [-0.4, -0.2) is 25.3 Å². The lowest BCUT2D eigenvalue weighted by atomic mass is 10.1. The molecule has 1 fully saturated rings. The molecule has 4 heteroatoms. The van der Waals surface area contributed by atoms with Crippen LogP contribution in [0.1, 0.15) is 36.1 Å². The van der Waals surface area contributed by atoms with Gasteiger partial charge in [-0.1, -0.05) is 18.2 Å². The minimum Gasteiger partial charge on any atom is -0.465 e. The second-order valence-corrected chi connectivity index (χ2v) is 4.09. The van der Waals surface area contributed by atoms with Crippen molar-refractivity contribution in [3.63, 3.8) is 0 Å². The van der Waals surface area contributed by atoms with Gasteiger partial charge in [-0.25, -0.2) is 4.79 Å². The van der Waals surface area contributed by atoms with E-state index in [9.17, 15) is 4.79 Å². The van der Waals surface area contributed by atoms with Gasteiger partial charge in [0.25, 0.3) is 0 Å². The van der Waals surface area contributed by atoms with E-state index in [1.807, 2.05) is 26.0 Å². The predicted octanol–water partition coefficient (Wildman–Crippen LogP) is 2.30. The smallest absolute Gasteiger partial charge is 0.338 e. The fraction of sp³-hybridized carbons (Fsp3) is 0.462. The Labute approximate surface area is 100 Å². The summed E-state index contributed by atoms with van der Waals surface area (Å²) in [6.07, 6.45) is -0.452. The van der Waals surface area contributed by atoms with E-state index in [2.05, 4.69) is 0 Å². The number of hydrogen-bond donors (Lipinski definition) is 0. The summed E-state index contributed by atoms with van der Waals surface area (Å²) in [7, 11) is 1.36. The molecular weight excluding hydrogens is 220 g/mol. The summed E-state index contributed by atoms with van der Waals surface area (Å²) in [5.41, 5.74) is 1.21. The molecule has 0 radical (unpaired) electrons. The second kappa shape index (κ2) is 4.85. The van der Waals surface area contributed by atoms with Gasteiger partial charge >= 0.3 is 5.97 Å². The van der Waals surface area contributed by atoms with Gasteiger partial charge < -0.3 is 14.2 Å². The van der Waals surface area contributed by atoms with E-state index in [0.717, 1.165) is 5.56 Å². The molecule has 4 nitrogen and oxygen atoms in total. The van der Waals surface area contributed by atoms with Crippen molar-refractivity contribution in [1.82, 2.24) is 0 Å². The van der Waals surface area contributed by atoms with Gasteiger partial charge in [0.15, 0.2) is 6.29 Å². The molecule has 0 aromatic heterocycles. The van der Waals surface area contributed by atoms with Gasteiger partial charge in [0.1, 0.15) is 0 Å². The largest absolute Gasteiger partial charge is 0.465 e. The third kappa shape index (κ3) is 2.33. The summed E-state index contributed by atoms with van der Waals surface area (Å²) in [5, 5.41) is 0. The van der Waals surface area contributed by atoms with Crippen LogP contribution in [0, 0.1) is 0 Å². The van der Waals surface area contributed by atoms with Crippen LogP contribution < -0.4 is 0 Å². The molecule has 92 valence electrons. The maximum atomic E-state index is 11.6. The van der Waals surface area contributed by atoms with Crippen LogP contribution in [0.2, 0.25) is 0 Å². The first-order valence-electron chi connectivity index (χ1n) is 5.61. The lowest BCUT2D eigenvalue weighted by Crippen LogP contribution is -2.13. The first-order valence-corrected chi connectivity index (χ1v) is 5.61. The van der Waals surface area contributed by atoms with Crippen molar-refractivity contribution >= 4 is 5.97 Å². The molecule has 1 heterocycles. The molecule has 1 aromatic rings. The molecule has 2 rings (SSSR count). The van der Waals surface area contributed by atoms with Crippen molar-refractivity contribution in [3.8, 4) is 0 Å². The molecule has 0 aliphatic carbocycles. The monoisotopic (exact) mass is 236 g/mol. The molecule has 0 spiro atoms. The highest BCUT2D eigenvalue weighted by Gasteiger charge is 2.33. The third-order valence-corrected chi connectivity index (χ3v) is 2.96. The fourth-order valence-corrected chi connectivity index (χ4v) is 1.79. The maximum Gasteiger partial charge on any atom is 0.338 e. The standard InChI is InChI=1S/C13H16O4/c1-8-9(2)17-13(16-8)11-7-5-4-6-10(11)12(14)15-3/h4-9,13H,1-3H3. The van der Waals surface area contributed by atoms with Gasteiger partial charge in [-0.2, -0.15) is 0 Å². The van der Waals surface area contributed by atoms with E-state index in [0.29, 0.717) is 5.56 Å². The molecule has 1 saturated heterocycles. The Bertz CT molecular complexity index is 406. The summed E-state index contributed by atoms with van der Waals surface area (Å²) in [4.78, 5) is 11.6. The van der Waals surface area contributed by atoms with Crippen LogP contribution in [0.5, 0.6) is 0 Å². The number of methoxy groups -OCH3 is 1. The molecule has 1 aliphatic rings. The molecule has 1 aromatic carbocycles. The predicted molar refractivity (Wildman–Crippen MR) is 61.6 cm³/mol. The molecule has 2 atom stereocenters. The van der Waals surface area contributed by atoms with Crippen LogP contribution in [0.3, 0.4) is 0 Å². The Balaban J connectivity index is 2.30. The van der Waals surface area contributed by atoms with Gasteiger partial charge in [-0.3, -0.25) is 0 Å². The minimum absolute atomic E-state index is 0.0192. The Morgan fingerprint density at radius 3 is 2.35 bits per heavy atom. The van der Waals surface area contributed by atoms with Crippen molar-refractivity contribution in [2.75, 3.05) is 7.11 Å². The fourth-order valence-electron chi connectivity index (χ4n) is 1.79. The Morgan fingerprint density at radius 1 is 1.18 bits per heavy atom. The highest BCUT2D eigenvalue weighted by atomic mass is 16.7. The van der Waals surface area contributed by atoms with Gasteiger partial charge in [0, 0.05) is 5.56 Å².